The van der Waals surface area contributed by atoms with E-state index in [1.165, 1.54) is 4.90 Å². The Hall–Kier alpha value is -1.92. The second-order valence-corrected chi connectivity index (χ2v) is 3.71. The second kappa shape index (κ2) is 3.92. The standard InChI is InChI=1S/C9H12N4O3/c1-5-9(15)13(4-8(14)10-5)3-7-11-6(2)16-12-7/h5H,3-4H2,1-2H3,(H,10,14). The second-order valence-electron chi connectivity index (χ2n) is 3.71. The van der Waals surface area contributed by atoms with Crippen LogP contribution in [0.4, 0.5) is 0 Å². The number of hydrogen-bond donors (Lipinski definition) is 1. The molecule has 0 spiro atoms. The van der Waals surface area contributed by atoms with Crippen molar-refractivity contribution in [1.29, 1.82) is 0 Å². The van der Waals surface area contributed by atoms with Gasteiger partial charge < -0.3 is 14.7 Å². The summed E-state index contributed by atoms with van der Waals surface area (Å²) >= 11 is 0. The molecule has 16 heavy (non-hydrogen) atoms. The van der Waals surface area contributed by atoms with E-state index < -0.39 is 6.04 Å². The van der Waals surface area contributed by atoms with Crippen molar-refractivity contribution in [2.24, 2.45) is 0 Å². The number of aromatic nitrogens is 2. The first-order valence-corrected chi connectivity index (χ1v) is 4.93. The van der Waals surface area contributed by atoms with E-state index in [4.69, 9.17) is 4.52 Å². The highest BCUT2D eigenvalue weighted by Crippen LogP contribution is 2.06. The SMILES string of the molecule is Cc1nc(CN2CC(=O)NC(C)C2=O)no1. The third-order valence-electron chi connectivity index (χ3n) is 2.30. The maximum absolute atomic E-state index is 11.7. The molecule has 2 amide bonds. The lowest BCUT2D eigenvalue weighted by atomic mass is 10.2. The highest BCUT2D eigenvalue weighted by molar-refractivity contribution is 5.94. The van der Waals surface area contributed by atoms with E-state index in [1.54, 1.807) is 13.8 Å². The third kappa shape index (κ3) is 2.02. The summed E-state index contributed by atoms with van der Waals surface area (Å²) in [6.45, 7) is 3.56. The number of piperazine rings is 1. The summed E-state index contributed by atoms with van der Waals surface area (Å²) in [6.07, 6.45) is 0. The Morgan fingerprint density at radius 2 is 2.31 bits per heavy atom. The Balaban J connectivity index is 2.08. The van der Waals surface area contributed by atoms with Gasteiger partial charge in [-0.1, -0.05) is 5.16 Å². The normalized spacial score (nSPS) is 21.1. The molecule has 7 heteroatoms. The average Bonchev–Trinajstić information content (AvgIpc) is 2.60. The Labute approximate surface area is 91.8 Å². The Morgan fingerprint density at radius 3 is 2.94 bits per heavy atom. The zero-order valence-electron chi connectivity index (χ0n) is 9.06. The molecule has 1 fully saturated rings. The fraction of sp³-hybridized carbons (Fsp3) is 0.556. The van der Waals surface area contributed by atoms with E-state index in [1.807, 2.05) is 0 Å². The van der Waals surface area contributed by atoms with Crippen LogP contribution in [-0.2, 0) is 16.1 Å². The molecule has 0 aliphatic carbocycles. The summed E-state index contributed by atoms with van der Waals surface area (Å²) in [5, 5.41) is 6.24. The van der Waals surface area contributed by atoms with Crippen LogP contribution in [0.5, 0.6) is 0 Å². The maximum atomic E-state index is 11.7. The summed E-state index contributed by atoms with van der Waals surface area (Å²) in [7, 11) is 0. The summed E-state index contributed by atoms with van der Waals surface area (Å²) in [6, 6.07) is -0.491. The number of rotatable bonds is 2. The first-order valence-electron chi connectivity index (χ1n) is 4.93. The third-order valence-corrected chi connectivity index (χ3v) is 2.30. The molecule has 1 aromatic heterocycles. The number of nitrogens with zero attached hydrogens (tertiary/aromatic N) is 3. The fourth-order valence-electron chi connectivity index (χ4n) is 1.58. The van der Waals surface area contributed by atoms with Crippen LogP contribution in [0.1, 0.15) is 18.6 Å². The van der Waals surface area contributed by atoms with Crippen LogP contribution in [0.25, 0.3) is 0 Å². The minimum Gasteiger partial charge on any atom is -0.343 e. The number of hydrogen-bond acceptors (Lipinski definition) is 5. The van der Waals surface area contributed by atoms with Crippen molar-refractivity contribution < 1.29 is 14.1 Å². The molecule has 7 nitrogen and oxygen atoms in total. The maximum Gasteiger partial charge on any atom is 0.245 e. The minimum atomic E-state index is -0.491. The first kappa shape index (κ1) is 10.6. The molecule has 2 heterocycles. The van der Waals surface area contributed by atoms with Gasteiger partial charge in [-0.15, -0.1) is 0 Å². The average molecular weight is 224 g/mol. The van der Waals surface area contributed by atoms with Gasteiger partial charge >= 0.3 is 0 Å². The first-order chi connectivity index (χ1) is 7.56. The topological polar surface area (TPSA) is 88.3 Å². The van der Waals surface area contributed by atoms with Gasteiger partial charge in [-0.3, -0.25) is 9.59 Å². The summed E-state index contributed by atoms with van der Waals surface area (Å²) in [5.41, 5.74) is 0. The van der Waals surface area contributed by atoms with Crippen LogP contribution < -0.4 is 5.32 Å². The van der Waals surface area contributed by atoms with Crippen molar-refractivity contribution in [1.82, 2.24) is 20.4 Å². The molecular weight excluding hydrogens is 212 g/mol. The largest absolute Gasteiger partial charge is 0.343 e. The zero-order valence-corrected chi connectivity index (χ0v) is 9.06. The Bertz CT molecular complexity index is 428. The van der Waals surface area contributed by atoms with Crippen molar-refractivity contribution in [2.45, 2.75) is 26.4 Å². The predicted octanol–water partition coefficient (Wildman–Crippen LogP) is -0.775. The molecular formula is C9H12N4O3. The molecule has 1 unspecified atom stereocenters. The number of aryl methyl sites for hydroxylation is 1. The van der Waals surface area contributed by atoms with E-state index >= 15 is 0 Å². The van der Waals surface area contributed by atoms with E-state index in [9.17, 15) is 9.59 Å². The molecule has 0 radical (unpaired) electrons. The molecule has 1 aliphatic rings. The molecule has 1 aliphatic heterocycles. The molecule has 0 saturated carbocycles. The van der Waals surface area contributed by atoms with Gasteiger partial charge in [0.25, 0.3) is 0 Å². The van der Waals surface area contributed by atoms with Gasteiger partial charge in [-0.2, -0.15) is 4.98 Å². The molecule has 1 saturated heterocycles. The molecule has 0 aromatic carbocycles. The van der Waals surface area contributed by atoms with Gasteiger partial charge in [0.2, 0.25) is 17.7 Å². The highest BCUT2D eigenvalue weighted by Gasteiger charge is 2.30. The van der Waals surface area contributed by atoms with Gasteiger partial charge in [0.05, 0.1) is 6.54 Å². The Morgan fingerprint density at radius 1 is 1.56 bits per heavy atom. The van der Waals surface area contributed by atoms with Gasteiger partial charge in [0.1, 0.15) is 12.6 Å². The van der Waals surface area contributed by atoms with Crippen molar-refractivity contribution in [3.63, 3.8) is 0 Å². The van der Waals surface area contributed by atoms with Crippen LogP contribution in [0.15, 0.2) is 4.52 Å². The molecule has 86 valence electrons. The monoisotopic (exact) mass is 224 g/mol. The van der Waals surface area contributed by atoms with E-state index in [2.05, 4.69) is 15.5 Å². The van der Waals surface area contributed by atoms with Crippen molar-refractivity contribution in [3.8, 4) is 0 Å². The van der Waals surface area contributed by atoms with Crippen LogP contribution in [-0.4, -0.2) is 39.4 Å². The summed E-state index contributed by atoms with van der Waals surface area (Å²) in [4.78, 5) is 28.4. The predicted molar refractivity (Wildman–Crippen MR) is 52.1 cm³/mol. The van der Waals surface area contributed by atoms with Crippen molar-refractivity contribution >= 4 is 11.8 Å². The van der Waals surface area contributed by atoms with Crippen LogP contribution in [0, 0.1) is 6.92 Å². The van der Waals surface area contributed by atoms with Crippen LogP contribution in [0.3, 0.4) is 0 Å². The zero-order chi connectivity index (χ0) is 11.7. The van der Waals surface area contributed by atoms with Gasteiger partial charge in [-0.25, -0.2) is 0 Å². The van der Waals surface area contributed by atoms with E-state index in [0.717, 1.165) is 0 Å². The molecule has 1 aromatic rings. The lowest BCUT2D eigenvalue weighted by Gasteiger charge is -2.29. The summed E-state index contributed by atoms with van der Waals surface area (Å²) < 4.78 is 4.80. The number of carbonyl (C=O) groups is 2. The van der Waals surface area contributed by atoms with Crippen molar-refractivity contribution in [2.75, 3.05) is 6.54 Å². The minimum absolute atomic E-state index is 0.0385. The van der Waals surface area contributed by atoms with Crippen molar-refractivity contribution in [3.05, 3.63) is 11.7 Å². The quantitative estimate of drug-likeness (QED) is 0.712. The van der Waals surface area contributed by atoms with E-state index in [0.29, 0.717) is 11.7 Å². The van der Waals surface area contributed by atoms with Crippen LogP contribution in [0.2, 0.25) is 0 Å². The Kier molecular flexibility index (Phi) is 2.59. The van der Waals surface area contributed by atoms with E-state index in [-0.39, 0.29) is 24.9 Å². The highest BCUT2D eigenvalue weighted by atomic mass is 16.5. The number of nitrogens with one attached hydrogen (secondary N) is 1. The number of carbonyl (C=O) groups excluding carboxylic acids is 2. The van der Waals surface area contributed by atoms with Gasteiger partial charge in [-0.05, 0) is 6.92 Å². The molecule has 0 bridgehead atoms. The van der Waals surface area contributed by atoms with Gasteiger partial charge in [0, 0.05) is 6.92 Å². The summed E-state index contributed by atoms with van der Waals surface area (Å²) in [5.74, 6) is 0.541. The molecule has 1 N–H and O–H groups in total. The smallest absolute Gasteiger partial charge is 0.245 e. The van der Waals surface area contributed by atoms with Gasteiger partial charge in [0.15, 0.2) is 5.82 Å². The number of amides is 2. The lowest BCUT2D eigenvalue weighted by molar-refractivity contribution is -0.144. The fourth-order valence-corrected chi connectivity index (χ4v) is 1.58. The lowest BCUT2D eigenvalue weighted by Crippen LogP contribution is -2.56. The molecule has 2 rings (SSSR count). The van der Waals surface area contributed by atoms with Crippen LogP contribution >= 0.6 is 0 Å². The molecule has 1 atom stereocenters.